The fourth-order valence-electron chi connectivity index (χ4n) is 8.41. The van der Waals surface area contributed by atoms with Crippen molar-refractivity contribution in [2.45, 2.75) is 104 Å². The van der Waals surface area contributed by atoms with E-state index in [9.17, 15) is 25.2 Å². The van der Waals surface area contributed by atoms with Crippen LogP contribution in [0.5, 0.6) is 0 Å². The summed E-state index contributed by atoms with van der Waals surface area (Å²) in [7, 11) is 0. The molecule has 0 radical (unpaired) electrons. The van der Waals surface area contributed by atoms with Crippen molar-refractivity contribution in [3.05, 3.63) is 11.1 Å². The second-order valence-corrected chi connectivity index (χ2v) is 12.2. The molecule has 3 fully saturated rings. The van der Waals surface area contributed by atoms with E-state index in [1.54, 1.807) is 0 Å². The Morgan fingerprint density at radius 1 is 1.00 bits per heavy atom. The molecule has 10 atom stereocenters. The fraction of sp³-hybridized carbons (Fsp3) is 0.889. The highest BCUT2D eigenvalue weighted by molar-refractivity contribution is 6.00. The van der Waals surface area contributed by atoms with E-state index in [4.69, 9.17) is 0 Å². The standard InChI is InChI=1S/C27H44O5/c1-15(14-28)6-5-7-16(2)19-13-22(31)23-17-12-21(30)24-25(32)20(29)9-11-26(24,3)18(17)8-10-27(19,23)4/h15-16,18-21,24-25,28-30,32H,5-14H2,1-4H3. The minimum atomic E-state index is -0.892. The minimum absolute atomic E-state index is 0.124. The second kappa shape index (κ2) is 8.79. The van der Waals surface area contributed by atoms with E-state index in [1.165, 1.54) is 5.57 Å². The van der Waals surface area contributed by atoms with Crippen LogP contribution in [0, 0.1) is 40.4 Å². The lowest BCUT2D eigenvalue weighted by molar-refractivity contribution is -0.166. The SMILES string of the molecule is CC(CO)CCCC(C)C1CC(=O)C2=C3CC(O)C4C(O)C(O)CCC4(C)C3CCC21C. The lowest BCUT2D eigenvalue weighted by Gasteiger charge is -2.59. The predicted octanol–water partition coefficient (Wildman–Crippen LogP) is 3.63. The Morgan fingerprint density at radius 2 is 1.72 bits per heavy atom. The molecule has 0 heterocycles. The summed E-state index contributed by atoms with van der Waals surface area (Å²) in [6.45, 7) is 9.06. The van der Waals surface area contributed by atoms with E-state index < -0.39 is 18.3 Å². The maximum Gasteiger partial charge on any atom is 0.159 e. The zero-order chi connectivity index (χ0) is 23.4. The molecule has 10 unspecified atom stereocenters. The summed E-state index contributed by atoms with van der Waals surface area (Å²) in [5.74, 6) is 1.28. The first-order valence-corrected chi connectivity index (χ1v) is 13.0. The summed E-state index contributed by atoms with van der Waals surface area (Å²) in [5, 5.41) is 41.4. The van der Waals surface area contributed by atoms with Crippen molar-refractivity contribution in [3.8, 4) is 0 Å². The summed E-state index contributed by atoms with van der Waals surface area (Å²) in [4.78, 5) is 13.4. The zero-order valence-corrected chi connectivity index (χ0v) is 20.4. The van der Waals surface area contributed by atoms with Crippen LogP contribution >= 0.6 is 0 Å². The van der Waals surface area contributed by atoms with Gasteiger partial charge in [-0.15, -0.1) is 0 Å². The van der Waals surface area contributed by atoms with Gasteiger partial charge in [-0.1, -0.05) is 46.1 Å². The number of aliphatic hydroxyl groups excluding tert-OH is 4. The molecule has 0 bridgehead atoms. The number of carbonyl (C=O) groups is 1. The molecule has 0 aromatic rings. The van der Waals surface area contributed by atoms with E-state index in [-0.39, 0.29) is 35.1 Å². The summed E-state index contributed by atoms with van der Waals surface area (Å²) in [6, 6.07) is 0. The number of fused-ring (bicyclic) bond motifs is 4. The van der Waals surface area contributed by atoms with Crippen LogP contribution < -0.4 is 0 Å². The Balaban J connectivity index is 1.61. The van der Waals surface area contributed by atoms with Crippen molar-refractivity contribution in [2.24, 2.45) is 40.4 Å². The van der Waals surface area contributed by atoms with Crippen LogP contribution in [-0.4, -0.2) is 51.1 Å². The third-order valence-electron chi connectivity index (χ3n) is 10.3. The number of Topliss-reactive ketones (excluding diaryl/α,β-unsaturated/α-hetero) is 1. The van der Waals surface area contributed by atoms with Crippen LogP contribution in [0.1, 0.15) is 85.5 Å². The Hall–Kier alpha value is -0.750. The molecule has 4 aliphatic carbocycles. The number of carbonyl (C=O) groups excluding carboxylic acids is 1. The third-order valence-corrected chi connectivity index (χ3v) is 10.3. The van der Waals surface area contributed by atoms with Gasteiger partial charge < -0.3 is 20.4 Å². The van der Waals surface area contributed by atoms with Gasteiger partial charge in [0.15, 0.2) is 5.78 Å². The lowest BCUT2D eigenvalue weighted by Crippen LogP contribution is -2.59. The molecule has 0 spiro atoms. The molecule has 5 heteroatoms. The highest BCUT2D eigenvalue weighted by Gasteiger charge is 2.61. The topological polar surface area (TPSA) is 98.0 Å². The Kier molecular flexibility index (Phi) is 6.70. The molecule has 4 aliphatic rings. The second-order valence-electron chi connectivity index (χ2n) is 12.2. The van der Waals surface area contributed by atoms with Gasteiger partial charge in [0, 0.05) is 24.5 Å². The van der Waals surface area contributed by atoms with Gasteiger partial charge in [-0.3, -0.25) is 4.79 Å². The first kappa shape index (κ1) is 24.4. The van der Waals surface area contributed by atoms with E-state index in [1.807, 2.05) is 0 Å². The average Bonchev–Trinajstić information content (AvgIpc) is 3.01. The summed E-state index contributed by atoms with van der Waals surface area (Å²) < 4.78 is 0. The zero-order valence-electron chi connectivity index (χ0n) is 20.4. The number of allylic oxidation sites excluding steroid dienone is 1. The van der Waals surface area contributed by atoms with Gasteiger partial charge >= 0.3 is 0 Å². The maximum atomic E-state index is 13.4. The van der Waals surface area contributed by atoms with Crippen molar-refractivity contribution in [1.82, 2.24) is 0 Å². The molecular weight excluding hydrogens is 404 g/mol. The van der Waals surface area contributed by atoms with Crippen molar-refractivity contribution in [2.75, 3.05) is 6.61 Å². The molecule has 32 heavy (non-hydrogen) atoms. The molecule has 0 amide bonds. The summed E-state index contributed by atoms with van der Waals surface area (Å²) in [5.41, 5.74) is 1.78. The Morgan fingerprint density at radius 3 is 2.41 bits per heavy atom. The molecule has 5 nitrogen and oxygen atoms in total. The third kappa shape index (κ3) is 3.72. The van der Waals surface area contributed by atoms with Gasteiger partial charge in [0.25, 0.3) is 0 Å². The smallest absolute Gasteiger partial charge is 0.159 e. The van der Waals surface area contributed by atoms with E-state index >= 15 is 0 Å². The van der Waals surface area contributed by atoms with Crippen LogP contribution in [0.3, 0.4) is 0 Å². The fourth-order valence-corrected chi connectivity index (χ4v) is 8.41. The first-order chi connectivity index (χ1) is 15.0. The molecule has 4 N–H and O–H groups in total. The monoisotopic (exact) mass is 448 g/mol. The van der Waals surface area contributed by atoms with Gasteiger partial charge in [-0.05, 0) is 73.0 Å². The number of aliphatic hydroxyl groups is 4. The highest BCUT2D eigenvalue weighted by atomic mass is 16.3. The molecular formula is C27H44O5. The number of ketones is 1. The number of hydrogen-bond donors (Lipinski definition) is 4. The van der Waals surface area contributed by atoms with Crippen LogP contribution in [0.4, 0.5) is 0 Å². The van der Waals surface area contributed by atoms with Crippen LogP contribution in [0.25, 0.3) is 0 Å². The van der Waals surface area contributed by atoms with Crippen LogP contribution in [0.2, 0.25) is 0 Å². The molecule has 3 saturated carbocycles. The number of rotatable bonds is 6. The average molecular weight is 449 g/mol. The van der Waals surface area contributed by atoms with Gasteiger partial charge in [-0.25, -0.2) is 0 Å². The lowest BCUT2D eigenvalue weighted by atomic mass is 9.47. The molecule has 4 rings (SSSR count). The van der Waals surface area contributed by atoms with Crippen LogP contribution in [-0.2, 0) is 4.79 Å². The van der Waals surface area contributed by atoms with Crippen molar-refractivity contribution < 1.29 is 25.2 Å². The molecule has 0 aromatic carbocycles. The summed E-state index contributed by atoms with van der Waals surface area (Å²) in [6.07, 6.45) is 5.19. The number of hydrogen-bond acceptors (Lipinski definition) is 5. The quantitative estimate of drug-likeness (QED) is 0.497. The molecule has 0 saturated heterocycles. The van der Waals surface area contributed by atoms with Crippen LogP contribution in [0.15, 0.2) is 11.1 Å². The van der Waals surface area contributed by atoms with Crippen molar-refractivity contribution >= 4 is 5.78 Å². The maximum absolute atomic E-state index is 13.4. The Bertz CT molecular complexity index is 761. The van der Waals surface area contributed by atoms with Crippen molar-refractivity contribution in [3.63, 3.8) is 0 Å². The van der Waals surface area contributed by atoms with Gasteiger partial charge in [0.2, 0.25) is 0 Å². The predicted molar refractivity (Wildman–Crippen MR) is 124 cm³/mol. The molecule has 182 valence electrons. The molecule has 0 aliphatic heterocycles. The Labute approximate surface area is 193 Å². The minimum Gasteiger partial charge on any atom is -0.396 e. The van der Waals surface area contributed by atoms with Gasteiger partial charge in [0.05, 0.1) is 18.3 Å². The normalized spacial score (nSPS) is 45.8. The van der Waals surface area contributed by atoms with E-state index in [0.717, 1.165) is 44.1 Å². The van der Waals surface area contributed by atoms with Crippen molar-refractivity contribution in [1.29, 1.82) is 0 Å². The van der Waals surface area contributed by atoms with E-state index in [0.29, 0.717) is 37.0 Å². The summed E-state index contributed by atoms with van der Waals surface area (Å²) >= 11 is 0. The highest BCUT2D eigenvalue weighted by Crippen LogP contribution is 2.65. The van der Waals surface area contributed by atoms with E-state index in [2.05, 4.69) is 27.7 Å². The largest absolute Gasteiger partial charge is 0.396 e. The molecule has 0 aromatic heterocycles. The first-order valence-electron chi connectivity index (χ1n) is 13.0. The van der Waals surface area contributed by atoms with Gasteiger partial charge in [0.1, 0.15) is 0 Å². The van der Waals surface area contributed by atoms with Gasteiger partial charge in [-0.2, -0.15) is 0 Å².